The molecule has 2 N–H and O–H groups in total. The van der Waals surface area contributed by atoms with E-state index in [1.807, 2.05) is 24.4 Å². The minimum absolute atomic E-state index is 0.619. The van der Waals surface area contributed by atoms with Crippen LogP contribution in [0.1, 0.15) is 10.6 Å². The molecule has 5 heteroatoms. The van der Waals surface area contributed by atoms with Crippen molar-refractivity contribution in [2.45, 2.75) is 13.3 Å². The van der Waals surface area contributed by atoms with Gasteiger partial charge < -0.3 is 10.5 Å². The number of rotatable bonds is 4. The van der Waals surface area contributed by atoms with E-state index in [2.05, 4.69) is 22.4 Å². The van der Waals surface area contributed by atoms with Gasteiger partial charge in [-0.05, 0) is 25.6 Å². The van der Waals surface area contributed by atoms with Gasteiger partial charge in [0.15, 0.2) is 4.96 Å². The fourth-order valence-corrected chi connectivity index (χ4v) is 3.47. The van der Waals surface area contributed by atoms with Crippen LogP contribution in [-0.2, 0) is 6.42 Å². The number of benzene rings is 1. The summed E-state index contributed by atoms with van der Waals surface area (Å²) in [5.74, 6) is 0.877. The number of ether oxygens (including phenoxy) is 1. The lowest BCUT2D eigenvalue weighted by Gasteiger charge is -2.10. The lowest BCUT2D eigenvalue weighted by atomic mass is 10.1. The lowest BCUT2D eigenvalue weighted by molar-refractivity contribution is 0.416. The molecule has 20 heavy (non-hydrogen) atoms. The molecule has 0 spiro atoms. The monoisotopic (exact) mass is 287 g/mol. The summed E-state index contributed by atoms with van der Waals surface area (Å²) in [6.07, 6.45) is 2.73. The van der Waals surface area contributed by atoms with Gasteiger partial charge in [0.2, 0.25) is 0 Å². The van der Waals surface area contributed by atoms with Crippen molar-refractivity contribution in [3.05, 3.63) is 41.0 Å². The minimum atomic E-state index is 0.619. The van der Waals surface area contributed by atoms with Crippen LogP contribution in [0.5, 0.6) is 5.75 Å². The molecule has 4 nitrogen and oxygen atoms in total. The van der Waals surface area contributed by atoms with Gasteiger partial charge in [0, 0.05) is 22.6 Å². The van der Waals surface area contributed by atoms with E-state index in [1.165, 1.54) is 4.88 Å². The first-order chi connectivity index (χ1) is 9.76. The zero-order valence-electron chi connectivity index (χ0n) is 11.6. The maximum absolute atomic E-state index is 5.70. The van der Waals surface area contributed by atoms with E-state index in [0.29, 0.717) is 6.54 Å². The number of aryl methyl sites for hydroxylation is 1. The minimum Gasteiger partial charge on any atom is -0.496 e. The molecule has 1 aromatic carbocycles. The number of nitrogens with zero attached hydrogens (tertiary/aromatic N) is 2. The highest BCUT2D eigenvalue weighted by Gasteiger charge is 2.17. The third-order valence-electron chi connectivity index (χ3n) is 3.37. The highest BCUT2D eigenvalue weighted by molar-refractivity contribution is 7.17. The van der Waals surface area contributed by atoms with E-state index >= 15 is 0 Å². The average Bonchev–Trinajstić information content (AvgIpc) is 2.98. The Morgan fingerprint density at radius 1 is 1.35 bits per heavy atom. The smallest absolute Gasteiger partial charge is 0.194 e. The number of para-hydroxylation sites is 1. The van der Waals surface area contributed by atoms with E-state index in [9.17, 15) is 0 Å². The molecule has 0 saturated heterocycles. The van der Waals surface area contributed by atoms with Crippen LogP contribution in [-0.4, -0.2) is 23.0 Å². The first-order valence-electron chi connectivity index (χ1n) is 6.55. The van der Waals surface area contributed by atoms with Crippen LogP contribution in [0.3, 0.4) is 0 Å². The Labute approximate surface area is 121 Å². The maximum Gasteiger partial charge on any atom is 0.194 e. The van der Waals surface area contributed by atoms with E-state index in [4.69, 9.17) is 10.5 Å². The summed E-state index contributed by atoms with van der Waals surface area (Å²) in [4.78, 5) is 6.72. The van der Waals surface area contributed by atoms with Gasteiger partial charge >= 0.3 is 0 Å². The van der Waals surface area contributed by atoms with E-state index in [-0.39, 0.29) is 0 Å². The number of thiazole rings is 1. The Kier molecular flexibility index (Phi) is 3.46. The van der Waals surface area contributed by atoms with Gasteiger partial charge in [-0.15, -0.1) is 11.3 Å². The third kappa shape index (κ3) is 1.99. The first-order valence-corrected chi connectivity index (χ1v) is 7.37. The van der Waals surface area contributed by atoms with Gasteiger partial charge in [-0.3, -0.25) is 4.40 Å². The number of nitrogens with two attached hydrogens (primary N) is 1. The molecule has 0 aliphatic heterocycles. The second-order valence-corrected chi connectivity index (χ2v) is 5.79. The molecular formula is C15H17N3OS. The molecule has 2 heterocycles. The molecule has 0 unspecified atom stereocenters. The molecule has 0 aliphatic carbocycles. The SMILES string of the molecule is COc1ccccc1-c1c(C)sc2ncc(CCN)n12. The van der Waals surface area contributed by atoms with E-state index < -0.39 is 0 Å². The number of methoxy groups -OCH3 is 1. The van der Waals surface area contributed by atoms with Crippen LogP contribution in [0, 0.1) is 6.92 Å². The predicted molar refractivity (Wildman–Crippen MR) is 82.6 cm³/mol. The second kappa shape index (κ2) is 5.26. The van der Waals surface area contributed by atoms with Crippen molar-refractivity contribution in [2.75, 3.05) is 13.7 Å². The summed E-state index contributed by atoms with van der Waals surface area (Å²) in [5, 5.41) is 0. The number of imidazole rings is 1. The Morgan fingerprint density at radius 2 is 2.15 bits per heavy atom. The molecule has 2 aromatic heterocycles. The normalized spacial score (nSPS) is 11.2. The van der Waals surface area contributed by atoms with Crippen LogP contribution in [0.2, 0.25) is 0 Å². The molecule has 104 valence electrons. The highest BCUT2D eigenvalue weighted by Crippen LogP contribution is 2.37. The molecular weight excluding hydrogens is 270 g/mol. The van der Waals surface area contributed by atoms with Gasteiger partial charge in [-0.2, -0.15) is 0 Å². The van der Waals surface area contributed by atoms with Crippen molar-refractivity contribution in [3.8, 4) is 17.0 Å². The van der Waals surface area contributed by atoms with E-state index in [1.54, 1.807) is 18.4 Å². The first kappa shape index (κ1) is 13.1. The number of hydrogen-bond donors (Lipinski definition) is 1. The van der Waals surface area contributed by atoms with Gasteiger partial charge in [0.1, 0.15) is 5.75 Å². The van der Waals surface area contributed by atoms with Crippen molar-refractivity contribution in [3.63, 3.8) is 0 Å². The summed E-state index contributed by atoms with van der Waals surface area (Å²) >= 11 is 1.69. The fourth-order valence-electron chi connectivity index (χ4n) is 2.50. The molecule has 0 saturated carbocycles. The zero-order valence-corrected chi connectivity index (χ0v) is 12.4. The highest BCUT2D eigenvalue weighted by atomic mass is 32.1. The fraction of sp³-hybridized carbons (Fsp3) is 0.267. The van der Waals surface area contributed by atoms with Crippen LogP contribution in [0.4, 0.5) is 0 Å². The van der Waals surface area contributed by atoms with Gasteiger partial charge in [0.05, 0.1) is 19.0 Å². The summed E-state index contributed by atoms with van der Waals surface area (Å²) in [5.41, 5.74) is 9.09. The van der Waals surface area contributed by atoms with Gasteiger partial charge in [0.25, 0.3) is 0 Å². The van der Waals surface area contributed by atoms with Crippen molar-refractivity contribution in [2.24, 2.45) is 5.73 Å². The number of hydrogen-bond acceptors (Lipinski definition) is 4. The van der Waals surface area contributed by atoms with Crippen LogP contribution >= 0.6 is 11.3 Å². The summed E-state index contributed by atoms with van der Waals surface area (Å²) in [6.45, 7) is 2.74. The number of fused-ring (bicyclic) bond motifs is 1. The quantitative estimate of drug-likeness (QED) is 0.802. The predicted octanol–water partition coefficient (Wildman–Crippen LogP) is 2.88. The molecule has 0 aliphatic rings. The topological polar surface area (TPSA) is 52.5 Å². The Hall–Kier alpha value is -1.85. The summed E-state index contributed by atoms with van der Waals surface area (Å²) < 4.78 is 7.69. The van der Waals surface area contributed by atoms with Crippen LogP contribution < -0.4 is 10.5 Å². The Balaban J connectivity index is 2.29. The molecule has 0 bridgehead atoms. The maximum atomic E-state index is 5.70. The Morgan fingerprint density at radius 3 is 2.90 bits per heavy atom. The summed E-state index contributed by atoms with van der Waals surface area (Å²) in [6, 6.07) is 8.08. The second-order valence-electron chi connectivity index (χ2n) is 4.61. The van der Waals surface area contributed by atoms with Crippen molar-refractivity contribution < 1.29 is 4.74 Å². The molecule has 0 atom stereocenters. The van der Waals surface area contributed by atoms with E-state index in [0.717, 1.165) is 34.1 Å². The van der Waals surface area contributed by atoms with Crippen molar-refractivity contribution in [1.82, 2.24) is 9.38 Å². The van der Waals surface area contributed by atoms with Gasteiger partial charge in [-0.1, -0.05) is 12.1 Å². The van der Waals surface area contributed by atoms with Gasteiger partial charge in [-0.25, -0.2) is 4.98 Å². The standard InChI is InChI=1S/C15H17N3OS/c1-10-14(12-5-3-4-6-13(12)19-2)18-11(7-8-16)9-17-15(18)20-10/h3-6,9H,7-8,16H2,1-2H3. The number of aromatic nitrogens is 2. The molecule has 3 aromatic rings. The molecule has 0 amide bonds. The summed E-state index contributed by atoms with van der Waals surface area (Å²) in [7, 11) is 1.70. The lowest BCUT2D eigenvalue weighted by Crippen LogP contribution is -2.05. The average molecular weight is 287 g/mol. The zero-order chi connectivity index (χ0) is 14.1. The van der Waals surface area contributed by atoms with Crippen LogP contribution in [0.25, 0.3) is 16.2 Å². The molecule has 3 rings (SSSR count). The largest absolute Gasteiger partial charge is 0.496 e. The van der Waals surface area contributed by atoms with Crippen LogP contribution in [0.15, 0.2) is 30.5 Å². The molecule has 0 radical (unpaired) electrons. The third-order valence-corrected chi connectivity index (χ3v) is 4.34. The molecule has 0 fully saturated rings. The Bertz CT molecular complexity index is 745. The van der Waals surface area contributed by atoms with Crippen molar-refractivity contribution >= 4 is 16.3 Å². The van der Waals surface area contributed by atoms with Crippen molar-refractivity contribution in [1.29, 1.82) is 0 Å².